The largest absolute Gasteiger partial charge is 0.493 e. The van der Waals surface area contributed by atoms with Gasteiger partial charge in [-0.2, -0.15) is 0 Å². The third kappa shape index (κ3) is 6.35. The molecule has 0 bridgehead atoms. The second kappa shape index (κ2) is 11.0. The van der Waals surface area contributed by atoms with Crippen LogP contribution in [-0.2, 0) is 11.3 Å². The van der Waals surface area contributed by atoms with Crippen molar-refractivity contribution >= 4 is 11.6 Å². The van der Waals surface area contributed by atoms with Crippen LogP contribution in [0, 0.1) is 6.92 Å². The molecule has 0 aliphatic heterocycles. The lowest BCUT2D eigenvalue weighted by molar-refractivity contribution is 0.110. The van der Waals surface area contributed by atoms with Crippen molar-refractivity contribution < 1.29 is 18.9 Å². The fraction of sp³-hybridized carbons (Fsp3) is 0.381. The molecule has 3 N–H and O–H groups in total. The highest BCUT2D eigenvalue weighted by atomic mass is 16.5. The number of hydrogen-bond donors (Lipinski definition) is 2. The van der Waals surface area contributed by atoms with Gasteiger partial charge in [0.25, 0.3) is 0 Å². The second-order valence-electron chi connectivity index (χ2n) is 6.05. The summed E-state index contributed by atoms with van der Waals surface area (Å²) in [5.41, 5.74) is 8.88. The topological polar surface area (TPSA) is 87.3 Å². The molecule has 0 atom stereocenters. The predicted molar refractivity (Wildman–Crippen MR) is 112 cm³/mol. The van der Waals surface area contributed by atoms with Crippen LogP contribution in [0.25, 0.3) is 0 Å². The molecule has 0 amide bonds. The lowest BCUT2D eigenvalue weighted by atomic mass is 10.1. The quantitative estimate of drug-likeness (QED) is 0.369. The van der Waals surface area contributed by atoms with E-state index in [9.17, 15) is 0 Å². The number of benzene rings is 2. The number of aryl methyl sites for hydroxylation is 1. The summed E-state index contributed by atoms with van der Waals surface area (Å²) in [6.45, 7) is 6.10. The highest BCUT2D eigenvalue weighted by molar-refractivity contribution is 5.92. The van der Waals surface area contributed by atoms with Gasteiger partial charge in [-0.05, 0) is 37.6 Å². The number of nitrogens with zero attached hydrogens (tertiary/aromatic N) is 1. The Bertz CT molecular complexity index is 793. The fourth-order valence-electron chi connectivity index (χ4n) is 2.55. The third-order valence-electron chi connectivity index (χ3n) is 3.99. The number of anilines is 1. The van der Waals surface area contributed by atoms with E-state index in [1.54, 1.807) is 26.4 Å². The molecule has 0 spiro atoms. The van der Waals surface area contributed by atoms with Gasteiger partial charge in [-0.1, -0.05) is 12.1 Å². The van der Waals surface area contributed by atoms with Crippen LogP contribution < -0.4 is 25.3 Å². The third-order valence-corrected chi connectivity index (χ3v) is 3.99. The minimum absolute atomic E-state index is 0.299. The molecule has 0 saturated carbocycles. The lowest BCUT2D eigenvalue weighted by Crippen LogP contribution is -2.22. The summed E-state index contributed by atoms with van der Waals surface area (Å²) in [4.78, 5) is 4.42. The van der Waals surface area contributed by atoms with Gasteiger partial charge in [-0.3, -0.25) is 0 Å². The summed E-state index contributed by atoms with van der Waals surface area (Å²) in [6, 6.07) is 11.5. The van der Waals surface area contributed by atoms with Crippen molar-refractivity contribution in [2.24, 2.45) is 10.7 Å². The van der Waals surface area contributed by atoms with E-state index in [0.29, 0.717) is 43.8 Å². The molecule has 0 unspecified atom stereocenters. The van der Waals surface area contributed by atoms with Gasteiger partial charge in [-0.15, -0.1) is 0 Å². The van der Waals surface area contributed by atoms with Crippen molar-refractivity contribution in [3.63, 3.8) is 0 Å². The van der Waals surface area contributed by atoms with Crippen molar-refractivity contribution in [2.45, 2.75) is 20.4 Å². The Morgan fingerprint density at radius 3 is 2.50 bits per heavy atom. The number of ether oxygens (including phenoxy) is 4. The number of aliphatic imine (C=N–C) groups is 1. The summed E-state index contributed by atoms with van der Waals surface area (Å²) in [6.07, 6.45) is 0. The minimum Gasteiger partial charge on any atom is -0.493 e. The minimum atomic E-state index is 0.299. The van der Waals surface area contributed by atoms with Gasteiger partial charge >= 0.3 is 0 Å². The summed E-state index contributed by atoms with van der Waals surface area (Å²) in [5, 5.41) is 3.06. The van der Waals surface area contributed by atoms with Crippen molar-refractivity contribution in [3.8, 4) is 17.2 Å². The van der Waals surface area contributed by atoms with Gasteiger partial charge < -0.3 is 30.0 Å². The maximum absolute atomic E-state index is 6.04. The van der Waals surface area contributed by atoms with E-state index in [1.807, 2.05) is 38.1 Å². The first-order chi connectivity index (χ1) is 13.6. The number of hydrogen-bond acceptors (Lipinski definition) is 5. The van der Waals surface area contributed by atoms with Crippen LogP contribution in [0.15, 0.2) is 41.4 Å². The Labute approximate surface area is 166 Å². The van der Waals surface area contributed by atoms with Gasteiger partial charge in [0.15, 0.2) is 17.5 Å². The first kappa shape index (κ1) is 21.4. The molecular formula is C21H29N3O4. The molecule has 0 saturated heterocycles. The molecule has 0 heterocycles. The van der Waals surface area contributed by atoms with E-state index in [2.05, 4.69) is 10.3 Å². The van der Waals surface area contributed by atoms with Crippen LogP contribution in [0.3, 0.4) is 0 Å². The molecule has 28 heavy (non-hydrogen) atoms. The molecule has 0 fully saturated rings. The molecular weight excluding hydrogens is 358 g/mol. The molecule has 7 heteroatoms. The number of nitrogens with two attached hydrogens (primary N) is 1. The zero-order valence-electron chi connectivity index (χ0n) is 17.0. The summed E-state index contributed by atoms with van der Waals surface area (Å²) in [7, 11) is 3.18. The number of methoxy groups -OCH3 is 2. The maximum Gasteiger partial charge on any atom is 0.193 e. The smallest absolute Gasteiger partial charge is 0.193 e. The summed E-state index contributed by atoms with van der Waals surface area (Å²) in [5.74, 6) is 2.36. The van der Waals surface area contributed by atoms with E-state index < -0.39 is 0 Å². The Hall–Kier alpha value is -2.93. The van der Waals surface area contributed by atoms with Gasteiger partial charge in [0.1, 0.15) is 12.4 Å². The molecule has 0 aromatic heterocycles. The zero-order valence-corrected chi connectivity index (χ0v) is 17.0. The molecule has 152 valence electrons. The lowest BCUT2D eigenvalue weighted by Gasteiger charge is -2.13. The van der Waals surface area contributed by atoms with Gasteiger partial charge in [0.2, 0.25) is 0 Å². The van der Waals surface area contributed by atoms with Crippen molar-refractivity contribution in [1.29, 1.82) is 0 Å². The van der Waals surface area contributed by atoms with E-state index in [-0.39, 0.29) is 0 Å². The first-order valence-electron chi connectivity index (χ1n) is 9.16. The highest BCUT2D eigenvalue weighted by Gasteiger charge is 2.07. The van der Waals surface area contributed by atoms with Crippen LogP contribution in [-0.4, -0.2) is 40.0 Å². The van der Waals surface area contributed by atoms with E-state index >= 15 is 0 Å². The van der Waals surface area contributed by atoms with E-state index in [1.165, 1.54) is 0 Å². The van der Waals surface area contributed by atoms with Crippen molar-refractivity contribution in [3.05, 3.63) is 47.5 Å². The average molecular weight is 387 g/mol. The SMILES string of the molecule is CCOCCOc1cc(C)ccc1CN=C(N)Nc1ccc(OC)c(OC)c1. The maximum atomic E-state index is 6.04. The summed E-state index contributed by atoms with van der Waals surface area (Å²) < 4.78 is 21.7. The fourth-order valence-corrected chi connectivity index (χ4v) is 2.55. The molecule has 2 rings (SSSR count). The molecule has 2 aromatic rings. The normalized spacial score (nSPS) is 11.2. The standard InChI is InChI=1S/C21H29N3O4/c1-5-27-10-11-28-19-12-15(2)6-7-16(19)14-23-21(22)24-17-8-9-18(25-3)20(13-17)26-4/h6-9,12-13H,5,10-11,14H2,1-4H3,(H3,22,23,24). The van der Waals surface area contributed by atoms with Crippen LogP contribution >= 0.6 is 0 Å². The number of guanidine groups is 1. The Balaban J connectivity index is 2.04. The highest BCUT2D eigenvalue weighted by Crippen LogP contribution is 2.29. The summed E-state index contributed by atoms with van der Waals surface area (Å²) >= 11 is 0. The van der Waals surface area contributed by atoms with Gasteiger partial charge in [-0.25, -0.2) is 4.99 Å². The monoisotopic (exact) mass is 387 g/mol. The van der Waals surface area contributed by atoms with E-state index in [0.717, 1.165) is 22.6 Å². The van der Waals surface area contributed by atoms with Crippen molar-refractivity contribution in [2.75, 3.05) is 39.4 Å². The van der Waals surface area contributed by atoms with Crippen LogP contribution in [0.4, 0.5) is 5.69 Å². The van der Waals surface area contributed by atoms with Gasteiger partial charge in [0.05, 0.1) is 27.4 Å². The van der Waals surface area contributed by atoms with Gasteiger partial charge in [0, 0.05) is 23.9 Å². The Kier molecular flexibility index (Phi) is 8.42. The Morgan fingerprint density at radius 2 is 1.79 bits per heavy atom. The average Bonchev–Trinajstić information content (AvgIpc) is 2.70. The predicted octanol–water partition coefficient (Wildman–Crippen LogP) is 3.35. The molecule has 0 radical (unpaired) electrons. The molecule has 2 aromatic carbocycles. The molecule has 0 aliphatic rings. The Morgan fingerprint density at radius 1 is 1.00 bits per heavy atom. The zero-order chi connectivity index (χ0) is 20.4. The van der Waals surface area contributed by atoms with Crippen molar-refractivity contribution in [1.82, 2.24) is 0 Å². The molecule has 0 aliphatic carbocycles. The molecule has 7 nitrogen and oxygen atoms in total. The van der Waals surface area contributed by atoms with Crippen LogP contribution in [0.2, 0.25) is 0 Å². The van der Waals surface area contributed by atoms with Crippen LogP contribution in [0.5, 0.6) is 17.2 Å². The second-order valence-corrected chi connectivity index (χ2v) is 6.05. The first-order valence-corrected chi connectivity index (χ1v) is 9.16. The van der Waals surface area contributed by atoms with E-state index in [4.69, 9.17) is 24.7 Å². The number of nitrogens with one attached hydrogen (secondary N) is 1. The van der Waals surface area contributed by atoms with Crippen LogP contribution in [0.1, 0.15) is 18.1 Å². The number of rotatable bonds is 10.